The zero-order valence-corrected chi connectivity index (χ0v) is 10.4. The first kappa shape index (κ1) is 12.3. The highest BCUT2D eigenvalue weighted by molar-refractivity contribution is 4.76. The van der Waals surface area contributed by atoms with Gasteiger partial charge >= 0.3 is 0 Å². The first-order chi connectivity index (χ1) is 7.88. The Morgan fingerprint density at radius 3 is 2.50 bits per heavy atom. The van der Waals surface area contributed by atoms with Crippen LogP contribution in [0.5, 0.6) is 0 Å². The van der Waals surface area contributed by atoms with Gasteiger partial charge in [-0.2, -0.15) is 0 Å². The van der Waals surface area contributed by atoms with E-state index in [-0.39, 0.29) is 0 Å². The highest BCUT2D eigenvalue weighted by atomic mass is 16.5. The van der Waals surface area contributed by atoms with Crippen molar-refractivity contribution in [2.24, 2.45) is 17.6 Å². The minimum atomic E-state index is 0.809. The number of nitrogens with zero attached hydrogens (tertiary/aromatic N) is 1. The van der Waals surface area contributed by atoms with E-state index < -0.39 is 0 Å². The van der Waals surface area contributed by atoms with Crippen molar-refractivity contribution < 1.29 is 4.74 Å². The zero-order chi connectivity index (χ0) is 11.2. The summed E-state index contributed by atoms with van der Waals surface area (Å²) >= 11 is 0. The van der Waals surface area contributed by atoms with Crippen molar-refractivity contribution in [1.29, 1.82) is 0 Å². The summed E-state index contributed by atoms with van der Waals surface area (Å²) in [6, 6.07) is 0. The smallest absolute Gasteiger partial charge is 0.0593 e. The molecule has 1 aliphatic heterocycles. The maximum Gasteiger partial charge on any atom is 0.0593 e. The van der Waals surface area contributed by atoms with Gasteiger partial charge in [-0.1, -0.05) is 0 Å². The fourth-order valence-electron chi connectivity index (χ4n) is 3.00. The van der Waals surface area contributed by atoms with E-state index in [1.165, 1.54) is 45.2 Å². The van der Waals surface area contributed by atoms with Crippen molar-refractivity contribution >= 4 is 0 Å². The summed E-state index contributed by atoms with van der Waals surface area (Å²) in [4.78, 5) is 2.60. The fourth-order valence-corrected chi connectivity index (χ4v) is 3.00. The Morgan fingerprint density at radius 1 is 1.00 bits per heavy atom. The van der Waals surface area contributed by atoms with Crippen LogP contribution >= 0.6 is 0 Å². The molecule has 0 radical (unpaired) electrons. The SMILES string of the molecule is NCC1CCC(CN2CCCOCC2)CC1. The third-order valence-electron chi connectivity index (χ3n) is 4.13. The molecule has 94 valence electrons. The maximum absolute atomic E-state index is 5.73. The van der Waals surface area contributed by atoms with Gasteiger partial charge in [0.25, 0.3) is 0 Å². The fraction of sp³-hybridized carbons (Fsp3) is 1.00. The number of nitrogens with two attached hydrogens (primary N) is 1. The molecule has 0 aromatic rings. The van der Waals surface area contributed by atoms with Crippen molar-refractivity contribution in [3.63, 3.8) is 0 Å². The summed E-state index contributed by atoms with van der Waals surface area (Å²) in [5.74, 6) is 1.73. The molecule has 2 fully saturated rings. The molecule has 1 saturated carbocycles. The minimum Gasteiger partial charge on any atom is -0.380 e. The van der Waals surface area contributed by atoms with Crippen LogP contribution in [-0.4, -0.2) is 44.3 Å². The summed E-state index contributed by atoms with van der Waals surface area (Å²) < 4.78 is 5.49. The Hall–Kier alpha value is -0.120. The first-order valence-electron chi connectivity index (χ1n) is 6.88. The monoisotopic (exact) mass is 226 g/mol. The summed E-state index contributed by atoms with van der Waals surface area (Å²) in [7, 11) is 0. The van der Waals surface area contributed by atoms with Gasteiger partial charge < -0.3 is 15.4 Å². The lowest BCUT2D eigenvalue weighted by Crippen LogP contribution is -2.34. The van der Waals surface area contributed by atoms with Gasteiger partial charge in [0.2, 0.25) is 0 Å². The van der Waals surface area contributed by atoms with Gasteiger partial charge in [0.05, 0.1) is 6.61 Å². The zero-order valence-electron chi connectivity index (χ0n) is 10.4. The van der Waals surface area contributed by atoms with Crippen molar-refractivity contribution in [1.82, 2.24) is 4.90 Å². The molecular formula is C13H26N2O. The van der Waals surface area contributed by atoms with E-state index in [2.05, 4.69) is 4.90 Å². The molecule has 2 aliphatic rings. The second kappa shape index (κ2) is 6.58. The Balaban J connectivity index is 1.69. The molecule has 3 nitrogen and oxygen atoms in total. The van der Waals surface area contributed by atoms with Crippen LogP contribution in [0.1, 0.15) is 32.1 Å². The van der Waals surface area contributed by atoms with E-state index in [0.717, 1.165) is 38.1 Å². The molecule has 0 aromatic heterocycles. The van der Waals surface area contributed by atoms with Gasteiger partial charge in [-0.3, -0.25) is 0 Å². The van der Waals surface area contributed by atoms with Crippen molar-refractivity contribution in [3.8, 4) is 0 Å². The standard InChI is InChI=1S/C13H26N2O/c14-10-12-2-4-13(5-3-12)11-15-6-1-8-16-9-7-15/h12-13H,1-11,14H2. The van der Waals surface area contributed by atoms with Crippen LogP contribution in [0.25, 0.3) is 0 Å². The largest absolute Gasteiger partial charge is 0.380 e. The van der Waals surface area contributed by atoms with E-state index >= 15 is 0 Å². The summed E-state index contributed by atoms with van der Waals surface area (Å²) in [6.07, 6.45) is 6.69. The van der Waals surface area contributed by atoms with Gasteiger partial charge in [0, 0.05) is 26.2 Å². The number of ether oxygens (including phenoxy) is 1. The lowest BCUT2D eigenvalue weighted by atomic mass is 9.82. The molecule has 3 heteroatoms. The molecule has 0 spiro atoms. The second-order valence-electron chi connectivity index (χ2n) is 5.39. The van der Waals surface area contributed by atoms with Crippen molar-refractivity contribution in [2.45, 2.75) is 32.1 Å². The van der Waals surface area contributed by atoms with Crippen LogP contribution in [-0.2, 0) is 4.74 Å². The molecule has 0 aromatic carbocycles. The predicted molar refractivity (Wildman–Crippen MR) is 66.4 cm³/mol. The third kappa shape index (κ3) is 3.72. The summed E-state index contributed by atoms with van der Waals surface area (Å²) in [5, 5.41) is 0. The van der Waals surface area contributed by atoms with Crippen LogP contribution in [0, 0.1) is 11.8 Å². The van der Waals surface area contributed by atoms with Crippen molar-refractivity contribution in [3.05, 3.63) is 0 Å². The van der Waals surface area contributed by atoms with Gasteiger partial charge in [0.1, 0.15) is 0 Å². The lowest BCUT2D eigenvalue weighted by Gasteiger charge is -2.31. The molecule has 0 amide bonds. The van der Waals surface area contributed by atoms with Crippen LogP contribution in [0.15, 0.2) is 0 Å². The molecule has 1 saturated heterocycles. The van der Waals surface area contributed by atoms with E-state index in [0.29, 0.717) is 0 Å². The molecule has 0 unspecified atom stereocenters. The molecule has 1 aliphatic carbocycles. The number of hydrogen-bond donors (Lipinski definition) is 1. The normalized spacial score (nSPS) is 33.6. The van der Waals surface area contributed by atoms with E-state index in [9.17, 15) is 0 Å². The van der Waals surface area contributed by atoms with Crippen LogP contribution in [0.3, 0.4) is 0 Å². The molecule has 0 bridgehead atoms. The molecule has 16 heavy (non-hydrogen) atoms. The molecular weight excluding hydrogens is 200 g/mol. The second-order valence-corrected chi connectivity index (χ2v) is 5.39. The average Bonchev–Trinajstić information content (AvgIpc) is 2.59. The average molecular weight is 226 g/mol. The van der Waals surface area contributed by atoms with E-state index in [1.807, 2.05) is 0 Å². The van der Waals surface area contributed by atoms with Gasteiger partial charge in [-0.25, -0.2) is 0 Å². The van der Waals surface area contributed by atoms with E-state index in [1.54, 1.807) is 0 Å². The number of hydrogen-bond acceptors (Lipinski definition) is 3. The Morgan fingerprint density at radius 2 is 1.75 bits per heavy atom. The van der Waals surface area contributed by atoms with Crippen LogP contribution in [0.2, 0.25) is 0 Å². The van der Waals surface area contributed by atoms with Crippen molar-refractivity contribution in [2.75, 3.05) is 39.4 Å². The lowest BCUT2D eigenvalue weighted by molar-refractivity contribution is 0.133. The first-order valence-corrected chi connectivity index (χ1v) is 6.88. The van der Waals surface area contributed by atoms with Gasteiger partial charge in [-0.15, -0.1) is 0 Å². The highest BCUT2D eigenvalue weighted by Crippen LogP contribution is 2.28. The number of rotatable bonds is 3. The van der Waals surface area contributed by atoms with E-state index in [4.69, 9.17) is 10.5 Å². The topological polar surface area (TPSA) is 38.5 Å². The minimum absolute atomic E-state index is 0.809. The molecule has 2 rings (SSSR count). The Labute approximate surface area is 99.3 Å². The predicted octanol–water partition coefficient (Wildman–Crippen LogP) is 1.47. The molecule has 2 N–H and O–H groups in total. The maximum atomic E-state index is 5.73. The van der Waals surface area contributed by atoms with Gasteiger partial charge in [0.15, 0.2) is 0 Å². The third-order valence-corrected chi connectivity index (χ3v) is 4.13. The Bertz CT molecular complexity index is 182. The van der Waals surface area contributed by atoms with Crippen LogP contribution in [0.4, 0.5) is 0 Å². The Kier molecular flexibility index (Phi) is 5.07. The quantitative estimate of drug-likeness (QED) is 0.792. The summed E-state index contributed by atoms with van der Waals surface area (Å²) in [6.45, 7) is 6.44. The van der Waals surface area contributed by atoms with Crippen LogP contribution < -0.4 is 5.73 Å². The molecule has 1 heterocycles. The highest BCUT2D eigenvalue weighted by Gasteiger charge is 2.22. The van der Waals surface area contributed by atoms with Gasteiger partial charge in [-0.05, 0) is 50.5 Å². The molecule has 0 atom stereocenters. The summed E-state index contributed by atoms with van der Waals surface area (Å²) in [5.41, 5.74) is 5.73.